The van der Waals surface area contributed by atoms with Crippen LogP contribution >= 0.6 is 11.8 Å². The molecule has 1 amide bonds. The SMILES string of the molecule is COc1ccc(OCc2nnc(S[C@H](C)C(=O)Nc3ccc(C)c(C)c3)n2-c2ccccc2)cc1. The van der Waals surface area contributed by atoms with Crippen LogP contribution in [-0.4, -0.2) is 33.0 Å². The number of anilines is 1. The Kier molecular flexibility index (Phi) is 7.72. The fraction of sp³-hybridized carbons (Fsp3) is 0.222. The maximum Gasteiger partial charge on any atom is 0.237 e. The van der Waals surface area contributed by atoms with Gasteiger partial charge in [0.15, 0.2) is 11.0 Å². The lowest BCUT2D eigenvalue weighted by atomic mass is 10.1. The summed E-state index contributed by atoms with van der Waals surface area (Å²) in [6.45, 7) is 6.16. The molecule has 0 aliphatic rings. The van der Waals surface area contributed by atoms with Gasteiger partial charge in [0.1, 0.15) is 18.1 Å². The molecule has 0 aliphatic heterocycles. The standard InChI is InChI=1S/C27H28N4O3S/c1-18-10-11-21(16-19(18)2)28-26(32)20(3)35-27-30-29-25(31(27)22-8-6-5-7-9-22)17-34-24-14-12-23(33-4)13-15-24/h5-16,20H,17H2,1-4H3,(H,28,32)/t20-/m1/s1. The first-order valence-corrected chi connectivity index (χ1v) is 12.1. The minimum atomic E-state index is -0.390. The topological polar surface area (TPSA) is 78.3 Å². The van der Waals surface area contributed by atoms with Gasteiger partial charge in [-0.1, -0.05) is 36.0 Å². The Morgan fingerprint density at radius 2 is 1.69 bits per heavy atom. The first kappa shape index (κ1) is 24.3. The van der Waals surface area contributed by atoms with E-state index >= 15 is 0 Å². The number of aromatic nitrogens is 3. The van der Waals surface area contributed by atoms with Crippen LogP contribution in [0.3, 0.4) is 0 Å². The third kappa shape index (κ3) is 6.02. The summed E-state index contributed by atoms with van der Waals surface area (Å²) in [4.78, 5) is 12.9. The van der Waals surface area contributed by atoms with Crippen molar-refractivity contribution in [2.45, 2.75) is 37.8 Å². The molecule has 8 heteroatoms. The number of methoxy groups -OCH3 is 1. The Hall–Kier alpha value is -3.78. The Labute approximate surface area is 209 Å². The summed E-state index contributed by atoms with van der Waals surface area (Å²) in [5.41, 5.74) is 4.00. The molecule has 4 aromatic rings. The van der Waals surface area contributed by atoms with E-state index in [2.05, 4.69) is 15.5 Å². The molecular weight excluding hydrogens is 460 g/mol. The Morgan fingerprint density at radius 3 is 2.37 bits per heavy atom. The van der Waals surface area contributed by atoms with Crippen LogP contribution < -0.4 is 14.8 Å². The number of para-hydroxylation sites is 1. The molecule has 1 aromatic heterocycles. The van der Waals surface area contributed by atoms with E-state index in [0.717, 1.165) is 22.7 Å². The van der Waals surface area contributed by atoms with Gasteiger partial charge in [0.2, 0.25) is 5.91 Å². The molecule has 4 rings (SSSR count). The maximum atomic E-state index is 12.9. The number of benzene rings is 3. The second-order valence-corrected chi connectivity index (χ2v) is 9.39. The highest BCUT2D eigenvalue weighted by Gasteiger charge is 2.21. The minimum absolute atomic E-state index is 0.100. The van der Waals surface area contributed by atoms with Gasteiger partial charge < -0.3 is 14.8 Å². The van der Waals surface area contributed by atoms with Crippen LogP contribution in [0.15, 0.2) is 78.0 Å². The Balaban J connectivity index is 1.51. The van der Waals surface area contributed by atoms with E-state index in [4.69, 9.17) is 9.47 Å². The lowest BCUT2D eigenvalue weighted by Gasteiger charge is -2.15. The van der Waals surface area contributed by atoms with Gasteiger partial charge in [-0.2, -0.15) is 0 Å². The predicted molar refractivity (Wildman–Crippen MR) is 139 cm³/mol. The van der Waals surface area contributed by atoms with Crippen LogP contribution in [0, 0.1) is 13.8 Å². The third-order valence-corrected chi connectivity index (χ3v) is 6.61. The maximum absolute atomic E-state index is 12.9. The second kappa shape index (κ2) is 11.1. The van der Waals surface area contributed by atoms with Gasteiger partial charge in [0, 0.05) is 11.4 Å². The normalized spacial score (nSPS) is 11.7. The fourth-order valence-corrected chi connectivity index (χ4v) is 4.29. The lowest BCUT2D eigenvalue weighted by Crippen LogP contribution is -2.23. The van der Waals surface area contributed by atoms with Crippen molar-refractivity contribution >= 4 is 23.4 Å². The number of aryl methyl sites for hydroxylation is 2. The molecule has 7 nitrogen and oxygen atoms in total. The predicted octanol–water partition coefficient (Wildman–Crippen LogP) is 5.59. The minimum Gasteiger partial charge on any atom is -0.497 e. The van der Waals surface area contributed by atoms with Crippen LogP contribution in [0.25, 0.3) is 5.69 Å². The van der Waals surface area contributed by atoms with Gasteiger partial charge in [-0.15, -0.1) is 10.2 Å². The van der Waals surface area contributed by atoms with Crippen molar-refractivity contribution in [2.75, 3.05) is 12.4 Å². The molecule has 0 saturated heterocycles. The molecule has 3 aromatic carbocycles. The summed E-state index contributed by atoms with van der Waals surface area (Å²) < 4.78 is 13.1. The summed E-state index contributed by atoms with van der Waals surface area (Å²) in [7, 11) is 1.63. The van der Waals surface area contributed by atoms with E-state index in [1.54, 1.807) is 7.11 Å². The van der Waals surface area contributed by atoms with Crippen LogP contribution in [0.4, 0.5) is 5.69 Å². The Morgan fingerprint density at radius 1 is 0.971 bits per heavy atom. The quantitative estimate of drug-likeness (QED) is 0.310. The average Bonchev–Trinajstić information content (AvgIpc) is 3.28. The van der Waals surface area contributed by atoms with E-state index in [0.29, 0.717) is 16.7 Å². The van der Waals surface area contributed by atoms with Gasteiger partial charge in [0.05, 0.1) is 12.4 Å². The zero-order valence-corrected chi connectivity index (χ0v) is 21.0. The zero-order valence-electron chi connectivity index (χ0n) is 20.2. The summed E-state index contributed by atoms with van der Waals surface area (Å²) in [5, 5.41) is 12.0. The number of nitrogens with one attached hydrogen (secondary N) is 1. The van der Waals surface area contributed by atoms with Crippen molar-refractivity contribution in [3.05, 3.63) is 89.7 Å². The summed E-state index contributed by atoms with van der Waals surface area (Å²) >= 11 is 1.35. The monoisotopic (exact) mass is 488 g/mol. The van der Waals surface area contributed by atoms with E-state index in [9.17, 15) is 4.79 Å². The highest BCUT2D eigenvalue weighted by atomic mass is 32.2. The molecule has 0 aliphatic carbocycles. The van der Waals surface area contributed by atoms with Gasteiger partial charge in [-0.3, -0.25) is 9.36 Å². The first-order valence-electron chi connectivity index (χ1n) is 11.3. The van der Waals surface area contributed by atoms with E-state index < -0.39 is 5.25 Å². The summed E-state index contributed by atoms with van der Waals surface area (Å²) in [6.07, 6.45) is 0. The number of carbonyl (C=O) groups is 1. The average molecular weight is 489 g/mol. The van der Waals surface area contributed by atoms with Crippen molar-refractivity contribution in [3.8, 4) is 17.2 Å². The van der Waals surface area contributed by atoms with Gasteiger partial charge in [-0.05, 0) is 80.4 Å². The number of rotatable bonds is 9. The smallest absolute Gasteiger partial charge is 0.237 e. The van der Waals surface area contributed by atoms with E-state index in [1.807, 2.05) is 98.1 Å². The number of ether oxygens (including phenoxy) is 2. The van der Waals surface area contributed by atoms with Crippen molar-refractivity contribution in [1.82, 2.24) is 14.8 Å². The van der Waals surface area contributed by atoms with E-state index in [-0.39, 0.29) is 12.5 Å². The molecule has 0 bridgehead atoms. The van der Waals surface area contributed by atoms with Crippen LogP contribution in [0.2, 0.25) is 0 Å². The number of carbonyl (C=O) groups excluding carboxylic acids is 1. The molecule has 1 heterocycles. The zero-order chi connectivity index (χ0) is 24.8. The largest absolute Gasteiger partial charge is 0.497 e. The molecule has 1 atom stereocenters. The van der Waals surface area contributed by atoms with Crippen LogP contribution in [-0.2, 0) is 11.4 Å². The lowest BCUT2D eigenvalue weighted by molar-refractivity contribution is -0.115. The second-order valence-electron chi connectivity index (χ2n) is 8.08. The van der Waals surface area contributed by atoms with Crippen molar-refractivity contribution in [1.29, 1.82) is 0 Å². The van der Waals surface area contributed by atoms with Gasteiger partial charge >= 0.3 is 0 Å². The molecule has 0 fully saturated rings. The van der Waals surface area contributed by atoms with Gasteiger partial charge in [-0.25, -0.2) is 0 Å². The van der Waals surface area contributed by atoms with Gasteiger partial charge in [0.25, 0.3) is 0 Å². The molecule has 35 heavy (non-hydrogen) atoms. The van der Waals surface area contributed by atoms with Crippen molar-refractivity contribution in [3.63, 3.8) is 0 Å². The summed E-state index contributed by atoms with van der Waals surface area (Å²) in [5.74, 6) is 1.99. The highest BCUT2D eigenvalue weighted by molar-refractivity contribution is 8.00. The number of hydrogen-bond donors (Lipinski definition) is 1. The fourth-order valence-electron chi connectivity index (χ4n) is 3.40. The molecular formula is C27H28N4O3S. The number of nitrogens with zero attached hydrogens (tertiary/aromatic N) is 3. The summed E-state index contributed by atoms with van der Waals surface area (Å²) in [6, 6.07) is 23.1. The molecule has 0 saturated carbocycles. The number of hydrogen-bond acceptors (Lipinski definition) is 6. The molecule has 0 radical (unpaired) electrons. The van der Waals surface area contributed by atoms with Crippen molar-refractivity contribution < 1.29 is 14.3 Å². The van der Waals surface area contributed by atoms with Crippen molar-refractivity contribution in [2.24, 2.45) is 0 Å². The molecule has 180 valence electrons. The Bertz CT molecular complexity index is 1290. The molecule has 1 N–H and O–H groups in total. The first-order chi connectivity index (χ1) is 16.9. The highest BCUT2D eigenvalue weighted by Crippen LogP contribution is 2.27. The number of thioether (sulfide) groups is 1. The number of amides is 1. The third-order valence-electron chi connectivity index (χ3n) is 5.57. The molecule has 0 unspecified atom stereocenters. The molecule has 0 spiro atoms. The van der Waals surface area contributed by atoms with Crippen LogP contribution in [0.5, 0.6) is 11.5 Å². The van der Waals surface area contributed by atoms with E-state index in [1.165, 1.54) is 17.3 Å². The van der Waals surface area contributed by atoms with Crippen LogP contribution in [0.1, 0.15) is 23.9 Å².